The van der Waals surface area contributed by atoms with Gasteiger partial charge < -0.3 is 15.7 Å². The highest BCUT2D eigenvalue weighted by Gasteiger charge is 2.29. The van der Waals surface area contributed by atoms with E-state index in [0.29, 0.717) is 47.5 Å². The number of carbonyl (C=O) groups excluding carboxylic acids is 1. The molecular weight excluding hydrogens is 513 g/mol. The van der Waals surface area contributed by atoms with Crippen LogP contribution in [0.2, 0.25) is 0 Å². The lowest BCUT2D eigenvalue weighted by Gasteiger charge is -2.32. The predicted molar refractivity (Wildman–Crippen MR) is 140 cm³/mol. The zero-order chi connectivity index (χ0) is 27.7. The summed E-state index contributed by atoms with van der Waals surface area (Å²) in [5, 5.41) is 29.1. The van der Waals surface area contributed by atoms with Crippen LogP contribution in [0.25, 0.3) is 16.9 Å². The van der Waals surface area contributed by atoms with Crippen LogP contribution in [0, 0.1) is 11.3 Å². The van der Waals surface area contributed by atoms with E-state index >= 15 is 0 Å². The quantitative estimate of drug-likeness (QED) is 0.390. The van der Waals surface area contributed by atoms with Gasteiger partial charge in [-0.15, -0.1) is 0 Å². The molecule has 0 radical (unpaired) electrons. The highest BCUT2D eigenvalue weighted by molar-refractivity contribution is 7.88. The first-order valence-corrected chi connectivity index (χ1v) is 14.0. The standard InChI is InChI=1S/C25H30FN7O4S/c1-25(2,35)23(26)14-29-24(34)19-13-28-21(22-7-6-18-9-16(11-27)12-30-33(18)22)10-20(19)31-17-5-4-8-32(15-17)38(3,36)37/h6-7,9-10,12-13,17,23,35H,4-5,8,14-15H2,1-3H3,(H,28,31)(H,29,34)/t17-,23?/m1/s1. The van der Waals surface area contributed by atoms with Crippen molar-refractivity contribution in [2.45, 2.75) is 44.5 Å². The number of amides is 1. The van der Waals surface area contributed by atoms with Crippen molar-refractivity contribution in [3.05, 3.63) is 47.8 Å². The molecule has 3 N–H and O–H groups in total. The summed E-state index contributed by atoms with van der Waals surface area (Å²) in [7, 11) is -3.38. The number of nitriles is 1. The number of hydrogen-bond acceptors (Lipinski definition) is 8. The van der Waals surface area contributed by atoms with Gasteiger partial charge in [0.1, 0.15) is 12.2 Å². The van der Waals surface area contributed by atoms with Crippen molar-refractivity contribution in [1.82, 2.24) is 24.2 Å². The van der Waals surface area contributed by atoms with Gasteiger partial charge in [-0.25, -0.2) is 21.6 Å². The Kier molecular flexibility index (Phi) is 7.68. The lowest BCUT2D eigenvalue weighted by molar-refractivity contribution is -0.00177. The number of piperidine rings is 1. The van der Waals surface area contributed by atoms with E-state index in [4.69, 9.17) is 5.26 Å². The number of nitrogens with one attached hydrogen (secondary N) is 2. The number of rotatable bonds is 8. The van der Waals surface area contributed by atoms with Gasteiger partial charge in [0.15, 0.2) is 0 Å². The molecule has 4 rings (SSSR count). The Bertz CT molecular complexity index is 1490. The molecule has 1 fully saturated rings. The summed E-state index contributed by atoms with van der Waals surface area (Å²) in [5.41, 5.74) is 1.12. The Labute approximate surface area is 220 Å². The Balaban J connectivity index is 1.68. The number of carbonyl (C=O) groups is 1. The topological polar surface area (TPSA) is 153 Å². The van der Waals surface area contributed by atoms with Crippen molar-refractivity contribution in [1.29, 1.82) is 5.26 Å². The van der Waals surface area contributed by atoms with Gasteiger partial charge in [-0.2, -0.15) is 10.4 Å². The predicted octanol–water partition coefficient (Wildman–Crippen LogP) is 1.94. The second-order valence-electron chi connectivity index (χ2n) is 9.96. The third kappa shape index (κ3) is 6.09. The summed E-state index contributed by atoms with van der Waals surface area (Å²) >= 11 is 0. The number of fused-ring (bicyclic) bond motifs is 1. The van der Waals surface area contributed by atoms with Crippen LogP contribution in [0.4, 0.5) is 10.1 Å². The summed E-state index contributed by atoms with van der Waals surface area (Å²) in [6.45, 7) is 2.89. The van der Waals surface area contributed by atoms with Crippen LogP contribution in [0.5, 0.6) is 0 Å². The first kappa shape index (κ1) is 27.4. The molecule has 2 atom stereocenters. The first-order chi connectivity index (χ1) is 17.9. The molecule has 1 amide bonds. The number of sulfonamides is 1. The summed E-state index contributed by atoms with van der Waals surface area (Å²) in [6.07, 6.45) is 3.61. The molecule has 13 heteroatoms. The van der Waals surface area contributed by atoms with Crippen LogP contribution in [0.15, 0.2) is 36.7 Å². The zero-order valence-electron chi connectivity index (χ0n) is 21.3. The number of halogens is 1. The molecule has 3 aromatic rings. The minimum absolute atomic E-state index is 0.147. The number of alkyl halides is 1. The Morgan fingerprint density at radius 3 is 2.79 bits per heavy atom. The average molecular weight is 544 g/mol. The summed E-state index contributed by atoms with van der Waals surface area (Å²) in [5.74, 6) is -0.592. The fourth-order valence-corrected chi connectivity index (χ4v) is 5.17. The number of anilines is 1. The van der Waals surface area contributed by atoms with Crippen molar-refractivity contribution < 1.29 is 22.7 Å². The van der Waals surface area contributed by atoms with Crippen LogP contribution in [-0.2, 0) is 10.0 Å². The highest BCUT2D eigenvalue weighted by atomic mass is 32.2. The van der Waals surface area contributed by atoms with Crippen molar-refractivity contribution in [3.8, 4) is 17.5 Å². The fraction of sp³-hybridized carbons (Fsp3) is 0.440. The van der Waals surface area contributed by atoms with E-state index in [0.717, 1.165) is 6.26 Å². The molecule has 38 heavy (non-hydrogen) atoms. The summed E-state index contributed by atoms with van der Waals surface area (Å²) in [6, 6.07) is 8.72. The Morgan fingerprint density at radius 2 is 2.11 bits per heavy atom. The number of aromatic nitrogens is 3. The van der Waals surface area contributed by atoms with Gasteiger partial charge in [-0.1, -0.05) is 0 Å². The molecule has 1 saturated heterocycles. The molecule has 0 aliphatic carbocycles. The molecule has 1 unspecified atom stereocenters. The van der Waals surface area contributed by atoms with E-state index in [1.165, 1.54) is 30.5 Å². The number of aliphatic hydroxyl groups is 1. The van der Waals surface area contributed by atoms with Gasteiger partial charge in [0, 0.05) is 25.3 Å². The molecule has 1 aliphatic rings. The van der Waals surface area contributed by atoms with E-state index in [9.17, 15) is 22.7 Å². The third-order valence-electron chi connectivity index (χ3n) is 6.46. The molecular formula is C25H30FN7O4S. The minimum atomic E-state index is -3.38. The maximum Gasteiger partial charge on any atom is 0.255 e. The van der Waals surface area contributed by atoms with Gasteiger partial charge in [0.2, 0.25) is 10.0 Å². The van der Waals surface area contributed by atoms with Crippen molar-refractivity contribution in [2.75, 3.05) is 31.2 Å². The summed E-state index contributed by atoms with van der Waals surface area (Å²) < 4.78 is 41.5. The molecule has 0 saturated carbocycles. The Morgan fingerprint density at radius 1 is 1.34 bits per heavy atom. The monoisotopic (exact) mass is 543 g/mol. The van der Waals surface area contributed by atoms with Crippen molar-refractivity contribution in [3.63, 3.8) is 0 Å². The SMILES string of the molecule is CC(C)(O)C(F)CNC(=O)c1cnc(-c2ccc3cc(C#N)cnn23)cc1N[C@@H]1CCCN(S(C)(=O)=O)C1. The van der Waals surface area contributed by atoms with Gasteiger partial charge in [-0.05, 0) is 51.0 Å². The summed E-state index contributed by atoms with van der Waals surface area (Å²) in [4.78, 5) is 17.5. The van der Waals surface area contributed by atoms with Gasteiger partial charge in [0.05, 0.1) is 58.3 Å². The maximum absolute atomic E-state index is 14.3. The first-order valence-electron chi connectivity index (χ1n) is 12.1. The maximum atomic E-state index is 14.3. The van der Waals surface area contributed by atoms with Gasteiger partial charge in [0.25, 0.3) is 5.91 Å². The largest absolute Gasteiger partial charge is 0.387 e. The lowest BCUT2D eigenvalue weighted by Crippen LogP contribution is -2.45. The van der Waals surface area contributed by atoms with E-state index in [2.05, 4.69) is 26.8 Å². The van der Waals surface area contributed by atoms with Crippen molar-refractivity contribution >= 4 is 27.1 Å². The minimum Gasteiger partial charge on any atom is -0.387 e. The van der Waals surface area contributed by atoms with Crippen LogP contribution >= 0.6 is 0 Å². The molecule has 0 bridgehead atoms. The van der Waals surface area contributed by atoms with E-state index < -0.39 is 34.2 Å². The van der Waals surface area contributed by atoms with E-state index in [-0.39, 0.29) is 18.2 Å². The van der Waals surface area contributed by atoms with Crippen LogP contribution < -0.4 is 10.6 Å². The Hall–Kier alpha value is -3.60. The molecule has 3 aromatic heterocycles. The second kappa shape index (κ2) is 10.6. The molecule has 1 aliphatic heterocycles. The number of pyridine rings is 1. The lowest BCUT2D eigenvalue weighted by atomic mass is 10.0. The molecule has 11 nitrogen and oxygen atoms in total. The third-order valence-corrected chi connectivity index (χ3v) is 7.73. The zero-order valence-corrected chi connectivity index (χ0v) is 22.2. The van der Waals surface area contributed by atoms with E-state index in [1.54, 1.807) is 28.8 Å². The molecule has 202 valence electrons. The van der Waals surface area contributed by atoms with E-state index in [1.807, 2.05) is 0 Å². The van der Waals surface area contributed by atoms with Crippen molar-refractivity contribution in [2.24, 2.45) is 0 Å². The fourth-order valence-electron chi connectivity index (χ4n) is 4.26. The van der Waals surface area contributed by atoms with Crippen LogP contribution in [-0.4, -0.2) is 82.0 Å². The highest BCUT2D eigenvalue weighted by Crippen LogP contribution is 2.27. The average Bonchev–Trinajstić information content (AvgIpc) is 3.29. The number of nitrogens with zero attached hydrogens (tertiary/aromatic N) is 5. The van der Waals surface area contributed by atoms with Gasteiger partial charge in [-0.3, -0.25) is 9.78 Å². The second-order valence-corrected chi connectivity index (χ2v) is 11.9. The van der Waals surface area contributed by atoms with Crippen LogP contribution in [0.1, 0.15) is 42.6 Å². The normalized spacial score (nSPS) is 17.6. The number of hydrogen-bond donors (Lipinski definition) is 3. The molecule has 0 spiro atoms. The smallest absolute Gasteiger partial charge is 0.255 e. The molecule has 0 aromatic carbocycles. The van der Waals surface area contributed by atoms with Crippen LogP contribution in [0.3, 0.4) is 0 Å². The molecule has 4 heterocycles. The van der Waals surface area contributed by atoms with Gasteiger partial charge >= 0.3 is 0 Å².